The van der Waals surface area contributed by atoms with Gasteiger partial charge in [-0.3, -0.25) is 5.43 Å². The van der Waals surface area contributed by atoms with E-state index in [4.69, 9.17) is 0 Å². The van der Waals surface area contributed by atoms with Crippen LogP contribution in [0.3, 0.4) is 0 Å². The van der Waals surface area contributed by atoms with Gasteiger partial charge in [-0.15, -0.1) is 0 Å². The number of hydrogen-bond acceptors (Lipinski definition) is 3. The molecule has 0 aromatic heterocycles. The van der Waals surface area contributed by atoms with Crippen molar-refractivity contribution >= 4 is 0 Å². The van der Waals surface area contributed by atoms with E-state index in [1.807, 2.05) is 0 Å². The van der Waals surface area contributed by atoms with Crippen molar-refractivity contribution in [3.05, 3.63) is 35.9 Å². The van der Waals surface area contributed by atoms with Gasteiger partial charge >= 0.3 is 0 Å². The summed E-state index contributed by atoms with van der Waals surface area (Å²) in [5.41, 5.74) is 5.14. The summed E-state index contributed by atoms with van der Waals surface area (Å²) in [5, 5.41) is 5.86. The summed E-state index contributed by atoms with van der Waals surface area (Å²) in [4.78, 5) is 0. The van der Waals surface area contributed by atoms with Crippen LogP contribution in [0.4, 0.5) is 0 Å². The minimum Gasteiger partial charge on any atom is -0.311 e. The summed E-state index contributed by atoms with van der Waals surface area (Å²) < 4.78 is 0. The minimum absolute atomic E-state index is 0.106. The first-order valence-corrected chi connectivity index (χ1v) is 7.48. The van der Waals surface area contributed by atoms with E-state index < -0.39 is 0 Å². The van der Waals surface area contributed by atoms with Gasteiger partial charge in [-0.1, -0.05) is 30.3 Å². The summed E-state index contributed by atoms with van der Waals surface area (Å²) in [6.07, 6.45) is 0. The van der Waals surface area contributed by atoms with Crippen molar-refractivity contribution in [2.24, 2.45) is 0 Å². The molecule has 0 bridgehead atoms. The third kappa shape index (κ3) is 7.04. The summed E-state index contributed by atoms with van der Waals surface area (Å²) in [7, 11) is 0. The molecule has 0 saturated heterocycles. The topological polar surface area (TPSA) is 27.3 Å². The van der Waals surface area contributed by atoms with Crippen LogP contribution >= 0.6 is 0 Å². The van der Waals surface area contributed by atoms with Crippen LogP contribution in [0, 0.1) is 0 Å². The number of nitrogens with zero attached hydrogens (tertiary/aromatic N) is 1. The van der Waals surface area contributed by atoms with Gasteiger partial charge in [-0.05, 0) is 47.1 Å². The van der Waals surface area contributed by atoms with Crippen LogP contribution in [-0.4, -0.2) is 29.2 Å². The molecule has 0 radical (unpaired) electrons. The van der Waals surface area contributed by atoms with Gasteiger partial charge in [0, 0.05) is 30.7 Å². The maximum atomic E-state index is 3.56. The fourth-order valence-electron chi connectivity index (χ4n) is 1.98. The van der Waals surface area contributed by atoms with E-state index >= 15 is 0 Å². The molecular formula is C17H31N3. The molecule has 1 aromatic rings. The first kappa shape index (κ1) is 17.2. The normalized spacial score (nSPS) is 12.9. The highest BCUT2D eigenvalue weighted by Crippen LogP contribution is 2.11. The fraction of sp³-hybridized carbons (Fsp3) is 0.647. The Morgan fingerprint density at radius 2 is 1.55 bits per heavy atom. The van der Waals surface area contributed by atoms with Gasteiger partial charge in [0.1, 0.15) is 0 Å². The second kappa shape index (κ2) is 7.21. The molecule has 1 aromatic carbocycles. The average molecular weight is 277 g/mol. The smallest absolute Gasteiger partial charge is 0.0353 e. The quantitative estimate of drug-likeness (QED) is 0.782. The Morgan fingerprint density at radius 1 is 0.950 bits per heavy atom. The van der Waals surface area contributed by atoms with Crippen LogP contribution in [0.2, 0.25) is 0 Å². The Bertz CT molecular complexity index is 373. The Balaban J connectivity index is 2.49. The zero-order valence-corrected chi connectivity index (χ0v) is 14.0. The molecule has 0 aliphatic heterocycles. The maximum absolute atomic E-state index is 3.56. The molecule has 0 aliphatic carbocycles. The maximum Gasteiger partial charge on any atom is 0.0353 e. The minimum atomic E-state index is 0.106. The van der Waals surface area contributed by atoms with E-state index in [0.717, 1.165) is 19.6 Å². The van der Waals surface area contributed by atoms with E-state index in [1.165, 1.54) is 5.56 Å². The Hall–Kier alpha value is -0.900. The van der Waals surface area contributed by atoms with E-state index in [9.17, 15) is 0 Å². The standard InChI is InChI=1S/C17H31N3/c1-16(2,3)18-12-13-20(17(4,5)6)19-14-15-10-8-7-9-11-15/h7-11,18-19H,12-14H2,1-6H3. The molecule has 0 spiro atoms. The lowest BCUT2D eigenvalue weighted by Gasteiger charge is -2.37. The molecule has 0 unspecified atom stereocenters. The van der Waals surface area contributed by atoms with Crippen molar-refractivity contribution in [3.8, 4) is 0 Å². The third-order valence-corrected chi connectivity index (χ3v) is 3.12. The molecule has 0 heterocycles. The summed E-state index contributed by atoms with van der Waals surface area (Å²) in [5.74, 6) is 0. The molecule has 0 aliphatic rings. The highest BCUT2D eigenvalue weighted by molar-refractivity contribution is 5.14. The van der Waals surface area contributed by atoms with Gasteiger partial charge in [0.25, 0.3) is 0 Å². The van der Waals surface area contributed by atoms with Crippen LogP contribution in [0.5, 0.6) is 0 Å². The van der Waals surface area contributed by atoms with Crippen LogP contribution < -0.4 is 10.7 Å². The van der Waals surface area contributed by atoms with Crippen molar-refractivity contribution in [1.29, 1.82) is 0 Å². The van der Waals surface area contributed by atoms with Gasteiger partial charge in [-0.25, -0.2) is 5.01 Å². The molecule has 20 heavy (non-hydrogen) atoms. The van der Waals surface area contributed by atoms with Gasteiger partial charge in [0.15, 0.2) is 0 Å². The summed E-state index contributed by atoms with van der Waals surface area (Å²) >= 11 is 0. The zero-order valence-electron chi connectivity index (χ0n) is 14.0. The number of nitrogens with one attached hydrogen (secondary N) is 2. The summed E-state index contributed by atoms with van der Waals surface area (Å²) in [6, 6.07) is 10.5. The zero-order chi connectivity index (χ0) is 15.2. The van der Waals surface area contributed by atoms with Crippen molar-refractivity contribution in [3.63, 3.8) is 0 Å². The lowest BCUT2D eigenvalue weighted by atomic mass is 10.1. The van der Waals surface area contributed by atoms with Crippen molar-refractivity contribution in [1.82, 2.24) is 15.8 Å². The number of hydrogen-bond donors (Lipinski definition) is 2. The number of rotatable bonds is 6. The highest BCUT2D eigenvalue weighted by atomic mass is 15.5. The van der Waals surface area contributed by atoms with Gasteiger partial charge < -0.3 is 5.32 Å². The van der Waals surface area contributed by atoms with Crippen LogP contribution in [-0.2, 0) is 6.54 Å². The monoisotopic (exact) mass is 277 g/mol. The average Bonchev–Trinajstić information content (AvgIpc) is 2.32. The molecule has 114 valence electrons. The third-order valence-electron chi connectivity index (χ3n) is 3.12. The lowest BCUT2D eigenvalue weighted by molar-refractivity contribution is 0.0685. The molecule has 2 N–H and O–H groups in total. The molecule has 0 saturated carbocycles. The van der Waals surface area contributed by atoms with Gasteiger partial charge in [0.2, 0.25) is 0 Å². The van der Waals surface area contributed by atoms with E-state index in [0.29, 0.717) is 0 Å². The fourth-order valence-corrected chi connectivity index (χ4v) is 1.98. The number of hydrazine groups is 1. The Morgan fingerprint density at radius 3 is 2.05 bits per heavy atom. The molecule has 3 nitrogen and oxygen atoms in total. The SMILES string of the molecule is CC(C)(C)NCCN(NCc1ccccc1)C(C)(C)C. The molecule has 0 amide bonds. The van der Waals surface area contributed by atoms with E-state index in [-0.39, 0.29) is 11.1 Å². The van der Waals surface area contributed by atoms with Gasteiger partial charge in [-0.2, -0.15) is 0 Å². The van der Waals surface area contributed by atoms with Crippen molar-refractivity contribution in [2.45, 2.75) is 59.2 Å². The highest BCUT2D eigenvalue weighted by Gasteiger charge is 2.21. The molecular weight excluding hydrogens is 246 g/mol. The van der Waals surface area contributed by atoms with Gasteiger partial charge in [0.05, 0.1) is 0 Å². The predicted molar refractivity (Wildman–Crippen MR) is 87.5 cm³/mol. The van der Waals surface area contributed by atoms with Crippen molar-refractivity contribution < 1.29 is 0 Å². The van der Waals surface area contributed by atoms with Crippen LogP contribution in [0.25, 0.3) is 0 Å². The van der Waals surface area contributed by atoms with Crippen LogP contribution in [0.15, 0.2) is 30.3 Å². The largest absolute Gasteiger partial charge is 0.311 e. The second-order valence-electron chi connectivity index (χ2n) is 7.32. The first-order chi connectivity index (χ1) is 9.18. The molecule has 0 atom stereocenters. The summed E-state index contributed by atoms with van der Waals surface area (Å²) in [6.45, 7) is 16.1. The number of benzene rings is 1. The lowest BCUT2D eigenvalue weighted by Crippen LogP contribution is -2.53. The van der Waals surface area contributed by atoms with Crippen LogP contribution in [0.1, 0.15) is 47.1 Å². The second-order valence-corrected chi connectivity index (χ2v) is 7.32. The first-order valence-electron chi connectivity index (χ1n) is 7.48. The Labute approximate surface area is 124 Å². The molecule has 0 fully saturated rings. The molecule has 1 rings (SSSR count). The van der Waals surface area contributed by atoms with E-state index in [2.05, 4.69) is 87.6 Å². The predicted octanol–water partition coefficient (Wildman–Crippen LogP) is 3.18. The van der Waals surface area contributed by atoms with E-state index in [1.54, 1.807) is 0 Å². The van der Waals surface area contributed by atoms with Crippen molar-refractivity contribution in [2.75, 3.05) is 13.1 Å². The Kier molecular flexibility index (Phi) is 6.18. The molecule has 3 heteroatoms.